The largest absolute Gasteiger partial charge is 0.493 e. The molecule has 4 nitrogen and oxygen atoms in total. The van der Waals surface area contributed by atoms with Crippen molar-refractivity contribution in [3.63, 3.8) is 0 Å². The third-order valence-corrected chi connectivity index (χ3v) is 3.92. The molecule has 0 fully saturated rings. The number of ether oxygens (including phenoxy) is 1. The summed E-state index contributed by atoms with van der Waals surface area (Å²) in [6.07, 6.45) is 2.16. The fourth-order valence-corrected chi connectivity index (χ4v) is 2.73. The zero-order valence-corrected chi connectivity index (χ0v) is 12.5. The van der Waals surface area contributed by atoms with Gasteiger partial charge in [-0.2, -0.15) is 0 Å². The minimum absolute atomic E-state index is 0.228. The van der Waals surface area contributed by atoms with Crippen LogP contribution in [0.2, 0.25) is 0 Å². The highest BCUT2D eigenvalue weighted by atomic mass is 19.1. The summed E-state index contributed by atoms with van der Waals surface area (Å²) < 4.78 is 24.4. The van der Waals surface area contributed by atoms with Crippen molar-refractivity contribution in [3.8, 4) is 17.2 Å². The highest BCUT2D eigenvalue weighted by molar-refractivity contribution is 5.57. The van der Waals surface area contributed by atoms with Crippen molar-refractivity contribution in [2.24, 2.45) is 0 Å². The molecule has 0 bridgehead atoms. The first kappa shape index (κ1) is 13.9. The Hall–Kier alpha value is -2.69. The van der Waals surface area contributed by atoms with E-state index >= 15 is 0 Å². The van der Waals surface area contributed by atoms with Gasteiger partial charge in [0.05, 0.1) is 6.61 Å². The maximum atomic E-state index is 13.2. The Kier molecular flexibility index (Phi) is 3.54. The first-order chi connectivity index (χ1) is 11.3. The summed E-state index contributed by atoms with van der Waals surface area (Å²) in [6.45, 7) is 0.724. The van der Waals surface area contributed by atoms with Gasteiger partial charge >= 0.3 is 0 Å². The predicted octanol–water partition coefficient (Wildman–Crippen LogP) is 3.60. The van der Waals surface area contributed by atoms with Crippen LogP contribution in [0.3, 0.4) is 0 Å². The standard InChI is InChI=1S/C18H15FN2O2/c19-15-3-1-2-12(10-15)4-7-17-20-21-18(23-17)14-5-6-16-13(11-14)8-9-22-16/h1-3,5-6,10-11H,4,7-9H2. The maximum absolute atomic E-state index is 13.2. The normalized spacial score (nSPS) is 12.9. The van der Waals surface area contributed by atoms with Crippen LogP contribution in [0.4, 0.5) is 4.39 Å². The topological polar surface area (TPSA) is 48.2 Å². The summed E-state index contributed by atoms with van der Waals surface area (Å²) >= 11 is 0. The number of aryl methyl sites for hydroxylation is 2. The van der Waals surface area contributed by atoms with Gasteiger partial charge in [0, 0.05) is 18.4 Å². The van der Waals surface area contributed by atoms with E-state index in [0.29, 0.717) is 24.6 Å². The van der Waals surface area contributed by atoms with Gasteiger partial charge in [-0.1, -0.05) is 12.1 Å². The third kappa shape index (κ3) is 2.95. The second-order valence-corrected chi connectivity index (χ2v) is 5.55. The molecule has 2 heterocycles. The van der Waals surface area contributed by atoms with Gasteiger partial charge in [0.1, 0.15) is 11.6 Å². The van der Waals surface area contributed by atoms with E-state index < -0.39 is 0 Å². The predicted molar refractivity (Wildman–Crippen MR) is 82.7 cm³/mol. The Morgan fingerprint density at radius 1 is 1.04 bits per heavy atom. The number of benzene rings is 2. The van der Waals surface area contributed by atoms with Gasteiger partial charge in [-0.15, -0.1) is 10.2 Å². The molecule has 23 heavy (non-hydrogen) atoms. The number of fused-ring (bicyclic) bond motifs is 1. The monoisotopic (exact) mass is 310 g/mol. The van der Waals surface area contributed by atoms with Crippen molar-refractivity contribution >= 4 is 0 Å². The summed E-state index contributed by atoms with van der Waals surface area (Å²) in [7, 11) is 0. The van der Waals surface area contributed by atoms with E-state index in [1.807, 2.05) is 24.3 Å². The van der Waals surface area contributed by atoms with Gasteiger partial charge in [-0.05, 0) is 47.9 Å². The third-order valence-electron chi connectivity index (χ3n) is 3.92. The van der Waals surface area contributed by atoms with E-state index in [4.69, 9.17) is 9.15 Å². The molecule has 0 saturated carbocycles. The lowest BCUT2D eigenvalue weighted by Crippen LogP contribution is -1.92. The molecule has 0 atom stereocenters. The van der Waals surface area contributed by atoms with Gasteiger partial charge < -0.3 is 9.15 Å². The van der Waals surface area contributed by atoms with E-state index in [0.717, 1.165) is 29.9 Å². The Morgan fingerprint density at radius 2 is 2.00 bits per heavy atom. The molecule has 1 aliphatic rings. The molecular formula is C18H15FN2O2. The first-order valence-electron chi connectivity index (χ1n) is 7.61. The van der Waals surface area contributed by atoms with Gasteiger partial charge in [0.25, 0.3) is 0 Å². The summed E-state index contributed by atoms with van der Waals surface area (Å²) in [4.78, 5) is 0. The van der Waals surface area contributed by atoms with Crippen LogP contribution in [0, 0.1) is 5.82 Å². The number of hydrogen-bond donors (Lipinski definition) is 0. The number of aromatic nitrogens is 2. The summed E-state index contributed by atoms with van der Waals surface area (Å²) in [5, 5.41) is 8.19. The lowest BCUT2D eigenvalue weighted by atomic mass is 10.1. The molecule has 0 saturated heterocycles. The van der Waals surface area contributed by atoms with Crippen LogP contribution < -0.4 is 4.74 Å². The average Bonchev–Trinajstić information content (AvgIpc) is 3.21. The molecule has 1 aromatic heterocycles. The van der Waals surface area contributed by atoms with Crippen molar-refractivity contribution < 1.29 is 13.5 Å². The van der Waals surface area contributed by atoms with Crippen LogP contribution >= 0.6 is 0 Å². The Labute approximate surface area is 132 Å². The van der Waals surface area contributed by atoms with Crippen LogP contribution in [-0.4, -0.2) is 16.8 Å². The van der Waals surface area contributed by atoms with Crippen molar-refractivity contribution in [3.05, 3.63) is 65.3 Å². The number of halogens is 1. The molecule has 0 spiro atoms. The van der Waals surface area contributed by atoms with E-state index in [2.05, 4.69) is 10.2 Å². The van der Waals surface area contributed by atoms with Gasteiger partial charge in [0.2, 0.25) is 11.8 Å². The molecule has 116 valence electrons. The highest BCUT2D eigenvalue weighted by Gasteiger charge is 2.15. The van der Waals surface area contributed by atoms with Crippen molar-refractivity contribution in [1.82, 2.24) is 10.2 Å². The molecule has 2 aromatic carbocycles. The van der Waals surface area contributed by atoms with Crippen LogP contribution in [0.5, 0.6) is 5.75 Å². The minimum Gasteiger partial charge on any atom is -0.493 e. The SMILES string of the molecule is Fc1cccc(CCc2nnc(-c3ccc4c(c3)CCO4)o2)c1. The lowest BCUT2D eigenvalue weighted by Gasteiger charge is -2.00. The second-order valence-electron chi connectivity index (χ2n) is 5.55. The molecule has 0 amide bonds. The lowest BCUT2D eigenvalue weighted by molar-refractivity contribution is 0.357. The molecule has 0 N–H and O–H groups in total. The molecule has 3 aromatic rings. The maximum Gasteiger partial charge on any atom is 0.247 e. The van der Waals surface area contributed by atoms with Gasteiger partial charge in [-0.3, -0.25) is 0 Å². The van der Waals surface area contributed by atoms with Crippen LogP contribution in [0.1, 0.15) is 17.0 Å². The Balaban J connectivity index is 1.48. The first-order valence-corrected chi connectivity index (χ1v) is 7.61. The molecular weight excluding hydrogens is 295 g/mol. The summed E-state index contributed by atoms with van der Waals surface area (Å²) in [6, 6.07) is 12.5. The molecule has 0 radical (unpaired) electrons. The Bertz CT molecular complexity index is 845. The zero-order chi connectivity index (χ0) is 15.6. The molecule has 0 aliphatic carbocycles. The fourth-order valence-electron chi connectivity index (χ4n) is 2.73. The van der Waals surface area contributed by atoms with Crippen molar-refractivity contribution in [2.45, 2.75) is 19.3 Å². The number of rotatable bonds is 4. The summed E-state index contributed by atoms with van der Waals surface area (Å²) in [5.74, 6) is 1.77. The van der Waals surface area contributed by atoms with Gasteiger partial charge in [0.15, 0.2) is 0 Å². The van der Waals surface area contributed by atoms with E-state index in [-0.39, 0.29) is 5.82 Å². The second kappa shape index (κ2) is 5.83. The summed E-state index contributed by atoms with van der Waals surface area (Å²) in [5.41, 5.74) is 2.99. The Morgan fingerprint density at radius 3 is 2.91 bits per heavy atom. The average molecular weight is 310 g/mol. The van der Waals surface area contributed by atoms with E-state index in [9.17, 15) is 4.39 Å². The molecule has 4 rings (SSSR count). The quantitative estimate of drug-likeness (QED) is 0.739. The fraction of sp³-hybridized carbons (Fsp3) is 0.222. The number of hydrogen-bond acceptors (Lipinski definition) is 4. The van der Waals surface area contributed by atoms with Crippen LogP contribution in [-0.2, 0) is 19.3 Å². The van der Waals surface area contributed by atoms with E-state index in [1.54, 1.807) is 6.07 Å². The highest BCUT2D eigenvalue weighted by Crippen LogP contribution is 2.30. The van der Waals surface area contributed by atoms with E-state index in [1.165, 1.54) is 17.7 Å². The molecule has 0 unspecified atom stereocenters. The van der Waals surface area contributed by atoms with Crippen LogP contribution in [0.15, 0.2) is 46.9 Å². The minimum atomic E-state index is -0.228. The smallest absolute Gasteiger partial charge is 0.247 e. The number of nitrogens with zero attached hydrogens (tertiary/aromatic N) is 2. The van der Waals surface area contributed by atoms with Crippen molar-refractivity contribution in [2.75, 3.05) is 6.61 Å². The zero-order valence-electron chi connectivity index (χ0n) is 12.5. The van der Waals surface area contributed by atoms with Crippen LogP contribution in [0.25, 0.3) is 11.5 Å². The van der Waals surface area contributed by atoms with Crippen molar-refractivity contribution in [1.29, 1.82) is 0 Å². The van der Waals surface area contributed by atoms with Gasteiger partial charge in [-0.25, -0.2) is 4.39 Å². The molecule has 5 heteroatoms. The molecule has 1 aliphatic heterocycles.